The van der Waals surface area contributed by atoms with E-state index in [0.29, 0.717) is 41.7 Å². The molecule has 1 N–H and O–H groups in total. The van der Waals surface area contributed by atoms with Crippen LogP contribution in [-0.4, -0.2) is 74.9 Å². The Labute approximate surface area is 254 Å². The van der Waals surface area contributed by atoms with Crippen LogP contribution in [0.3, 0.4) is 0 Å². The zero-order valence-corrected chi connectivity index (χ0v) is 24.1. The molecule has 228 valence electrons. The molecule has 14 heteroatoms. The number of rotatable bonds is 9. The van der Waals surface area contributed by atoms with Crippen LogP contribution in [0.5, 0.6) is 0 Å². The Hall–Kier alpha value is -3.45. The number of halogens is 6. The average molecular weight is 641 g/mol. The third-order valence-corrected chi connectivity index (χ3v) is 7.77. The normalized spacial score (nSPS) is 19.4. The minimum atomic E-state index is -4.95. The van der Waals surface area contributed by atoms with Crippen LogP contribution in [0, 0.1) is 5.82 Å². The van der Waals surface area contributed by atoms with Gasteiger partial charge in [0, 0.05) is 42.7 Å². The summed E-state index contributed by atoms with van der Waals surface area (Å²) in [6, 6.07) is 11.4. The molecule has 3 aromatic carbocycles. The first-order valence-corrected chi connectivity index (χ1v) is 14.1. The van der Waals surface area contributed by atoms with Crippen molar-refractivity contribution in [3.8, 4) is 0 Å². The number of hydrogen-bond donors (Lipinski definition) is 1. The van der Waals surface area contributed by atoms with Crippen LogP contribution in [-0.2, 0) is 20.0 Å². The number of benzene rings is 3. The van der Waals surface area contributed by atoms with Crippen LogP contribution < -0.4 is 5.32 Å². The summed E-state index contributed by atoms with van der Waals surface area (Å²) in [4.78, 5) is 25.5. The molecule has 1 atom stereocenters. The van der Waals surface area contributed by atoms with Crippen molar-refractivity contribution in [3.05, 3.63) is 81.1 Å². The van der Waals surface area contributed by atoms with Gasteiger partial charge in [0.15, 0.2) is 5.82 Å². The van der Waals surface area contributed by atoms with E-state index in [2.05, 4.69) is 20.5 Å². The van der Waals surface area contributed by atoms with Crippen molar-refractivity contribution in [1.82, 2.24) is 10.2 Å². The highest BCUT2D eigenvalue weighted by atomic mass is 35.5. The van der Waals surface area contributed by atoms with Gasteiger partial charge in [0.05, 0.1) is 41.7 Å². The molecular weight excluding hydrogens is 615 g/mol. The lowest BCUT2D eigenvalue weighted by atomic mass is 9.85. The molecule has 0 bridgehead atoms. The Morgan fingerprint density at radius 2 is 1.81 bits per heavy atom. The second-order valence-corrected chi connectivity index (χ2v) is 10.7. The smallest absolute Gasteiger partial charge is 0.395 e. The van der Waals surface area contributed by atoms with Crippen molar-refractivity contribution >= 4 is 51.8 Å². The summed E-state index contributed by atoms with van der Waals surface area (Å²) < 4.78 is 62.7. The molecule has 3 aromatic rings. The quantitative estimate of drug-likeness (QED) is 0.103. The molecule has 0 aromatic heterocycles. The predicted molar refractivity (Wildman–Crippen MR) is 154 cm³/mol. The zero-order chi connectivity index (χ0) is 30.6. The van der Waals surface area contributed by atoms with Crippen LogP contribution in [0.1, 0.15) is 27.9 Å². The molecule has 0 spiro atoms. The molecule has 43 heavy (non-hydrogen) atoms. The minimum Gasteiger partial charge on any atom is -0.395 e. The molecule has 0 radical (unpaired) electrons. The molecular formula is C29H26Cl2F4N4O4. The van der Waals surface area contributed by atoms with E-state index in [0.717, 1.165) is 31.8 Å². The highest BCUT2D eigenvalue weighted by Gasteiger charge is 2.62. The maximum Gasteiger partial charge on any atom is 0.435 e. The van der Waals surface area contributed by atoms with Crippen molar-refractivity contribution in [3.63, 3.8) is 0 Å². The summed E-state index contributed by atoms with van der Waals surface area (Å²) in [7, 11) is 0. The summed E-state index contributed by atoms with van der Waals surface area (Å²) >= 11 is 11.6. The van der Waals surface area contributed by atoms with Gasteiger partial charge in [-0.3, -0.25) is 9.69 Å². The lowest BCUT2D eigenvalue weighted by Gasteiger charge is -2.29. The molecule has 5 rings (SSSR count). The number of nitrogens with one attached hydrogen (secondary N) is 1. The van der Waals surface area contributed by atoms with E-state index in [9.17, 15) is 22.4 Å². The van der Waals surface area contributed by atoms with Gasteiger partial charge in [0.2, 0.25) is 0 Å². The van der Waals surface area contributed by atoms with Gasteiger partial charge in [0.25, 0.3) is 11.5 Å². The van der Waals surface area contributed by atoms with Crippen LogP contribution in [0.25, 0.3) is 10.8 Å². The number of hydrogen-bond acceptors (Lipinski definition) is 7. The fraction of sp³-hybridized carbons (Fsp3) is 0.345. The van der Waals surface area contributed by atoms with Gasteiger partial charge in [-0.15, -0.1) is 0 Å². The molecule has 1 fully saturated rings. The molecule has 8 nitrogen and oxygen atoms in total. The third kappa shape index (κ3) is 6.57. The molecule has 0 aliphatic carbocycles. The van der Waals surface area contributed by atoms with Crippen molar-refractivity contribution in [2.24, 2.45) is 10.3 Å². The molecule has 2 aliphatic rings. The Morgan fingerprint density at radius 1 is 1.12 bits per heavy atom. The second-order valence-electron chi connectivity index (χ2n) is 9.88. The first kappa shape index (κ1) is 31.0. The highest BCUT2D eigenvalue weighted by Crippen LogP contribution is 2.50. The molecule has 1 amide bonds. The Bertz CT molecular complexity index is 1540. The Morgan fingerprint density at radius 3 is 2.51 bits per heavy atom. The molecule has 1 unspecified atom stereocenters. The number of carbonyl (C=O) groups is 1. The Kier molecular flexibility index (Phi) is 9.40. The van der Waals surface area contributed by atoms with Gasteiger partial charge >= 0.3 is 6.18 Å². The summed E-state index contributed by atoms with van der Waals surface area (Å²) in [5.74, 6) is -1.45. The number of ether oxygens (including phenoxy) is 1. The standard InChI is InChI=1S/C29H26Cl2F4N4O4/c30-23-15-18(16-24(31)26(23)32)28(29(33,34)35)17-25(38-43-28)21-5-6-22(20-4-2-1-3-19(20)21)27(40)36-7-8-37-42-14-11-39-9-12-41-13-10-39/h1-6,8,15-16H,7,9-14,17H2,(H,36,40). The van der Waals surface area contributed by atoms with E-state index in [1.54, 1.807) is 24.3 Å². The summed E-state index contributed by atoms with van der Waals surface area (Å²) in [5.41, 5.74) is -2.79. The monoisotopic (exact) mass is 640 g/mol. The largest absolute Gasteiger partial charge is 0.435 e. The van der Waals surface area contributed by atoms with Crippen LogP contribution in [0.15, 0.2) is 58.8 Å². The van der Waals surface area contributed by atoms with Gasteiger partial charge in [-0.2, -0.15) is 13.2 Å². The van der Waals surface area contributed by atoms with Crippen molar-refractivity contribution in [2.45, 2.75) is 18.2 Å². The maximum absolute atomic E-state index is 14.5. The third-order valence-electron chi connectivity index (χ3n) is 7.22. The van der Waals surface area contributed by atoms with Crippen molar-refractivity contribution < 1.29 is 36.8 Å². The first-order chi connectivity index (χ1) is 20.6. The number of morpholine rings is 1. The SMILES string of the molecule is O=C(NCC=NOCCN1CCOCC1)c1ccc(C2=NOC(c3cc(Cl)c(F)c(Cl)c3)(C(F)(F)F)C2)c2ccccc12. The van der Waals surface area contributed by atoms with Crippen molar-refractivity contribution in [2.75, 3.05) is 46.0 Å². The fourth-order valence-electron chi connectivity index (χ4n) is 4.96. The van der Waals surface area contributed by atoms with Crippen molar-refractivity contribution in [1.29, 1.82) is 0 Å². The van der Waals surface area contributed by atoms with Gasteiger partial charge in [0.1, 0.15) is 6.61 Å². The van der Waals surface area contributed by atoms with Gasteiger partial charge in [-0.05, 0) is 29.0 Å². The van der Waals surface area contributed by atoms with E-state index in [1.165, 1.54) is 18.3 Å². The number of carbonyl (C=O) groups excluding carboxylic acids is 1. The zero-order valence-electron chi connectivity index (χ0n) is 22.6. The van der Waals surface area contributed by atoms with E-state index in [4.69, 9.17) is 37.6 Å². The molecule has 1 saturated heterocycles. The summed E-state index contributed by atoms with van der Waals surface area (Å²) in [6.45, 7) is 4.31. The second kappa shape index (κ2) is 13.0. The molecule has 0 saturated carbocycles. The van der Waals surface area contributed by atoms with E-state index in [-0.39, 0.29) is 12.3 Å². The summed E-state index contributed by atoms with van der Waals surface area (Å²) in [5, 5.41) is 10.2. The lowest BCUT2D eigenvalue weighted by molar-refractivity contribution is -0.275. The highest BCUT2D eigenvalue weighted by molar-refractivity contribution is 6.35. The molecule has 2 aliphatic heterocycles. The van der Waals surface area contributed by atoms with Gasteiger partial charge in [-0.1, -0.05) is 63.8 Å². The lowest BCUT2D eigenvalue weighted by Crippen LogP contribution is -2.42. The number of nitrogens with zero attached hydrogens (tertiary/aromatic N) is 3. The van der Waals surface area contributed by atoms with E-state index >= 15 is 0 Å². The number of fused-ring (bicyclic) bond motifs is 1. The number of alkyl halides is 3. The summed E-state index contributed by atoms with van der Waals surface area (Å²) in [6.07, 6.45) is -4.25. The first-order valence-electron chi connectivity index (χ1n) is 13.3. The minimum absolute atomic E-state index is 0.0154. The Balaban J connectivity index is 1.30. The predicted octanol–water partition coefficient (Wildman–Crippen LogP) is 5.93. The molecule has 2 heterocycles. The van der Waals surface area contributed by atoms with E-state index in [1.807, 2.05) is 0 Å². The van der Waals surface area contributed by atoms with Gasteiger partial charge in [-0.25, -0.2) is 4.39 Å². The van der Waals surface area contributed by atoms with Crippen LogP contribution >= 0.6 is 23.2 Å². The van der Waals surface area contributed by atoms with Crippen LogP contribution in [0.4, 0.5) is 17.6 Å². The maximum atomic E-state index is 14.5. The number of oxime groups is 2. The number of amides is 1. The van der Waals surface area contributed by atoms with Gasteiger partial charge < -0.3 is 19.7 Å². The average Bonchev–Trinajstić information content (AvgIpc) is 3.46. The van der Waals surface area contributed by atoms with Crippen LogP contribution in [0.2, 0.25) is 10.0 Å². The van der Waals surface area contributed by atoms with E-state index < -0.39 is 45.5 Å². The topological polar surface area (TPSA) is 84.8 Å². The fourth-order valence-corrected chi connectivity index (χ4v) is 5.44.